The van der Waals surface area contributed by atoms with Crippen LogP contribution in [0.25, 0.3) is 0 Å². The Kier molecular flexibility index (Phi) is 3.93. The molecule has 2 aromatic rings. The predicted octanol–water partition coefficient (Wildman–Crippen LogP) is 0.549. The molecule has 0 bridgehead atoms. The van der Waals surface area contributed by atoms with E-state index >= 15 is 0 Å². The molecule has 114 valence electrons. The monoisotopic (exact) mass is 310 g/mol. The molecule has 3 rings (SSSR count). The Labute approximate surface area is 123 Å². The van der Waals surface area contributed by atoms with Crippen LogP contribution in [0.2, 0.25) is 0 Å². The molecule has 2 aromatic heterocycles. The summed E-state index contributed by atoms with van der Waals surface area (Å²) < 4.78 is 28.3. The lowest BCUT2D eigenvalue weighted by Crippen LogP contribution is -2.19. The standard InChI is InChI=1S/C12H18N6O2S/c19-21(20,17-11-6-14-15-7-11)12-8-16-18(9-12)5-1-4-13-10-2-3-10/h6-10,13,17H,1-5H2,(H,14,15). The van der Waals surface area contributed by atoms with Gasteiger partial charge in [-0.25, -0.2) is 8.42 Å². The third-order valence-corrected chi connectivity index (χ3v) is 4.58. The average Bonchev–Trinajstić information content (AvgIpc) is 2.92. The summed E-state index contributed by atoms with van der Waals surface area (Å²) in [6.07, 6.45) is 9.24. The van der Waals surface area contributed by atoms with E-state index in [1.54, 1.807) is 10.9 Å². The molecule has 0 aliphatic heterocycles. The molecule has 21 heavy (non-hydrogen) atoms. The molecule has 1 aliphatic carbocycles. The second-order valence-electron chi connectivity index (χ2n) is 5.11. The minimum absolute atomic E-state index is 0.152. The van der Waals surface area contributed by atoms with E-state index in [4.69, 9.17) is 0 Å². The quantitative estimate of drug-likeness (QED) is 0.618. The van der Waals surface area contributed by atoms with Gasteiger partial charge >= 0.3 is 0 Å². The first-order valence-corrected chi connectivity index (χ1v) is 8.39. The summed E-state index contributed by atoms with van der Waals surface area (Å²) in [4.78, 5) is 0.152. The Hall–Kier alpha value is -1.87. The Bertz CT molecular complexity index is 674. The Morgan fingerprint density at radius 2 is 2.24 bits per heavy atom. The molecule has 9 heteroatoms. The minimum atomic E-state index is -3.61. The number of nitrogens with one attached hydrogen (secondary N) is 3. The van der Waals surface area contributed by atoms with Crippen LogP contribution < -0.4 is 10.0 Å². The molecule has 0 atom stereocenters. The van der Waals surface area contributed by atoms with Gasteiger partial charge < -0.3 is 5.32 Å². The van der Waals surface area contributed by atoms with Crippen LogP contribution in [0.1, 0.15) is 19.3 Å². The summed E-state index contributed by atoms with van der Waals surface area (Å²) in [5.41, 5.74) is 0.399. The maximum absolute atomic E-state index is 12.1. The van der Waals surface area contributed by atoms with Crippen LogP contribution in [-0.2, 0) is 16.6 Å². The van der Waals surface area contributed by atoms with Crippen molar-refractivity contribution in [2.24, 2.45) is 0 Å². The highest BCUT2D eigenvalue weighted by atomic mass is 32.2. The van der Waals surface area contributed by atoms with Crippen LogP contribution in [0.4, 0.5) is 5.69 Å². The van der Waals surface area contributed by atoms with Gasteiger partial charge in [0.05, 0.1) is 18.1 Å². The zero-order valence-corrected chi connectivity index (χ0v) is 12.3. The van der Waals surface area contributed by atoms with Crippen molar-refractivity contribution in [2.45, 2.75) is 36.7 Å². The molecule has 1 fully saturated rings. The second kappa shape index (κ2) is 5.86. The predicted molar refractivity (Wildman–Crippen MR) is 77.3 cm³/mol. The van der Waals surface area contributed by atoms with Gasteiger partial charge in [-0.15, -0.1) is 0 Å². The molecular weight excluding hydrogens is 292 g/mol. The van der Waals surface area contributed by atoms with E-state index in [-0.39, 0.29) is 4.90 Å². The largest absolute Gasteiger partial charge is 0.314 e. The lowest BCUT2D eigenvalue weighted by Gasteiger charge is -2.03. The lowest BCUT2D eigenvalue weighted by molar-refractivity contribution is 0.541. The molecule has 0 unspecified atom stereocenters. The lowest BCUT2D eigenvalue weighted by atomic mass is 10.4. The van der Waals surface area contributed by atoms with Gasteiger partial charge in [-0.3, -0.25) is 14.5 Å². The van der Waals surface area contributed by atoms with Crippen molar-refractivity contribution in [2.75, 3.05) is 11.3 Å². The van der Waals surface area contributed by atoms with E-state index in [2.05, 4.69) is 25.3 Å². The maximum Gasteiger partial charge on any atom is 0.265 e. The molecule has 2 heterocycles. The van der Waals surface area contributed by atoms with Crippen molar-refractivity contribution in [3.05, 3.63) is 24.8 Å². The van der Waals surface area contributed by atoms with Gasteiger partial charge in [-0.1, -0.05) is 0 Å². The molecular formula is C12H18N6O2S. The number of H-pyrrole nitrogens is 1. The Morgan fingerprint density at radius 3 is 2.95 bits per heavy atom. The fraction of sp³-hybridized carbons (Fsp3) is 0.500. The topological polar surface area (TPSA) is 105 Å². The van der Waals surface area contributed by atoms with Crippen molar-refractivity contribution in [3.8, 4) is 0 Å². The number of sulfonamides is 1. The summed E-state index contributed by atoms with van der Waals surface area (Å²) in [6, 6.07) is 0.692. The third-order valence-electron chi connectivity index (χ3n) is 3.24. The van der Waals surface area contributed by atoms with Gasteiger partial charge in [0.15, 0.2) is 0 Å². The number of rotatable bonds is 8. The molecule has 0 aromatic carbocycles. The Morgan fingerprint density at radius 1 is 1.38 bits per heavy atom. The van der Waals surface area contributed by atoms with Gasteiger partial charge in [-0.2, -0.15) is 10.2 Å². The summed E-state index contributed by atoms with van der Waals surface area (Å²) in [7, 11) is -3.61. The van der Waals surface area contributed by atoms with E-state index < -0.39 is 10.0 Å². The molecule has 1 saturated carbocycles. The number of hydrogen-bond acceptors (Lipinski definition) is 5. The van der Waals surface area contributed by atoms with Crippen molar-refractivity contribution in [3.63, 3.8) is 0 Å². The first-order valence-electron chi connectivity index (χ1n) is 6.91. The van der Waals surface area contributed by atoms with Crippen LogP contribution in [0, 0.1) is 0 Å². The first kappa shape index (κ1) is 14.1. The SMILES string of the molecule is O=S(=O)(Nc1cn[nH]c1)c1cnn(CCCNC2CC2)c1. The van der Waals surface area contributed by atoms with E-state index in [0.717, 1.165) is 13.0 Å². The fourth-order valence-electron chi connectivity index (χ4n) is 1.96. The number of aromatic nitrogens is 4. The zero-order chi connectivity index (χ0) is 14.7. The van der Waals surface area contributed by atoms with E-state index in [9.17, 15) is 8.42 Å². The summed E-state index contributed by atoms with van der Waals surface area (Å²) in [5, 5.41) is 13.7. The van der Waals surface area contributed by atoms with Crippen molar-refractivity contribution in [1.29, 1.82) is 0 Å². The van der Waals surface area contributed by atoms with Crippen LogP contribution in [0.15, 0.2) is 29.7 Å². The van der Waals surface area contributed by atoms with E-state index in [1.807, 2.05) is 0 Å². The normalized spacial score (nSPS) is 15.2. The average molecular weight is 310 g/mol. The second-order valence-corrected chi connectivity index (χ2v) is 6.80. The molecule has 3 N–H and O–H groups in total. The van der Waals surface area contributed by atoms with Gasteiger partial charge in [-0.05, 0) is 25.8 Å². The summed E-state index contributed by atoms with van der Waals surface area (Å²) in [5.74, 6) is 0. The number of hydrogen-bond donors (Lipinski definition) is 3. The molecule has 8 nitrogen and oxygen atoms in total. The molecule has 1 aliphatic rings. The maximum atomic E-state index is 12.1. The van der Waals surface area contributed by atoms with Gasteiger partial charge in [0, 0.05) is 25.0 Å². The summed E-state index contributed by atoms with van der Waals surface area (Å²) >= 11 is 0. The number of aromatic amines is 1. The Balaban J connectivity index is 1.55. The highest BCUT2D eigenvalue weighted by Gasteiger charge is 2.20. The number of nitrogens with zero attached hydrogens (tertiary/aromatic N) is 3. The van der Waals surface area contributed by atoms with E-state index in [0.29, 0.717) is 18.3 Å². The van der Waals surface area contributed by atoms with Crippen LogP contribution >= 0.6 is 0 Å². The number of aryl methyl sites for hydroxylation is 1. The van der Waals surface area contributed by atoms with Crippen LogP contribution in [0.3, 0.4) is 0 Å². The van der Waals surface area contributed by atoms with Gasteiger partial charge in [0.25, 0.3) is 10.0 Å². The van der Waals surface area contributed by atoms with Crippen LogP contribution in [0.5, 0.6) is 0 Å². The highest BCUT2D eigenvalue weighted by Crippen LogP contribution is 2.18. The third kappa shape index (κ3) is 3.82. The molecule has 0 amide bonds. The molecule has 0 spiro atoms. The smallest absolute Gasteiger partial charge is 0.265 e. The van der Waals surface area contributed by atoms with Crippen molar-refractivity contribution < 1.29 is 8.42 Å². The summed E-state index contributed by atoms with van der Waals surface area (Å²) in [6.45, 7) is 1.63. The fourth-order valence-corrected chi connectivity index (χ4v) is 2.95. The molecule has 0 radical (unpaired) electrons. The zero-order valence-electron chi connectivity index (χ0n) is 11.5. The number of anilines is 1. The van der Waals surface area contributed by atoms with Crippen LogP contribution in [-0.4, -0.2) is 41.0 Å². The molecule has 0 saturated heterocycles. The highest BCUT2D eigenvalue weighted by molar-refractivity contribution is 7.92. The minimum Gasteiger partial charge on any atom is -0.314 e. The first-order chi connectivity index (χ1) is 10.1. The van der Waals surface area contributed by atoms with Crippen molar-refractivity contribution in [1.82, 2.24) is 25.3 Å². The van der Waals surface area contributed by atoms with Crippen molar-refractivity contribution >= 4 is 15.7 Å². The van der Waals surface area contributed by atoms with Gasteiger partial charge in [0.2, 0.25) is 0 Å². The van der Waals surface area contributed by atoms with Gasteiger partial charge in [0.1, 0.15) is 4.90 Å². The van der Waals surface area contributed by atoms with E-state index in [1.165, 1.54) is 31.4 Å².